The first-order valence-corrected chi connectivity index (χ1v) is 7.25. The summed E-state index contributed by atoms with van der Waals surface area (Å²) in [6.45, 7) is 4.98. The molecule has 1 saturated heterocycles. The van der Waals surface area contributed by atoms with Crippen LogP contribution >= 0.6 is 0 Å². The highest BCUT2D eigenvalue weighted by Crippen LogP contribution is 2.20. The number of rotatable bonds is 2. The van der Waals surface area contributed by atoms with E-state index in [1.807, 2.05) is 0 Å². The molecule has 0 bridgehead atoms. The quantitative estimate of drug-likeness (QED) is 0.736. The zero-order valence-corrected chi connectivity index (χ0v) is 11.3. The Bertz CT molecular complexity index is 449. The van der Waals surface area contributed by atoms with Crippen molar-refractivity contribution in [2.24, 2.45) is 5.92 Å². The van der Waals surface area contributed by atoms with Crippen molar-refractivity contribution in [1.29, 1.82) is 0 Å². The van der Waals surface area contributed by atoms with E-state index in [4.69, 9.17) is 9.84 Å². The number of amides is 1. The van der Waals surface area contributed by atoms with Crippen molar-refractivity contribution in [2.75, 3.05) is 11.5 Å². The number of sulfone groups is 1. The number of carbonyl (C=O) groups excluding carboxylic acids is 1. The standard InChI is InChI=1S/C10H17NO6S/c1-10(2,3)17-9(14)11-7-5-18(15,16)4-6(7)8(12)13/h6-7H,4-5H2,1-3H3,(H,11,14)(H,12,13)/t6-,7-/m0/s1. The SMILES string of the molecule is CC(C)(C)OC(=O)N[C@H]1CS(=O)(=O)C[C@@H]1C(=O)O. The van der Waals surface area contributed by atoms with E-state index >= 15 is 0 Å². The van der Waals surface area contributed by atoms with Gasteiger partial charge in [-0.2, -0.15) is 0 Å². The molecule has 18 heavy (non-hydrogen) atoms. The van der Waals surface area contributed by atoms with Crippen molar-refractivity contribution >= 4 is 21.9 Å². The Morgan fingerprint density at radius 1 is 1.28 bits per heavy atom. The fourth-order valence-electron chi connectivity index (χ4n) is 1.69. The molecule has 0 spiro atoms. The van der Waals surface area contributed by atoms with Crippen molar-refractivity contribution in [3.8, 4) is 0 Å². The lowest BCUT2D eigenvalue weighted by molar-refractivity contribution is -0.141. The van der Waals surface area contributed by atoms with Gasteiger partial charge in [-0.15, -0.1) is 0 Å². The second-order valence-electron chi connectivity index (χ2n) is 5.27. The monoisotopic (exact) mass is 279 g/mol. The Hall–Kier alpha value is -1.31. The third-order valence-electron chi connectivity index (χ3n) is 2.37. The summed E-state index contributed by atoms with van der Waals surface area (Å²) in [5.74, 6) is -3.19. The number of carboxylic acid groups (broad SMARTS) is 1. The van der Waals surface area contributed by atoms with Gasteiger partial charge in [-0.05, 0) is 20.8 Å². The molecule has 1 fully saturated rings. The average Bonchev–Trinajstić information content (AvgIpc) is 2.37. The minimum absolute atomic E-state index is 0.372. The third-order valence-corrected chi connectivity index (χ3v) is 4.11. The molecule has 0 unspecified atom stereocenters. The first-order valence-electron chi connectivity index (χ1n) is 5.43. The second kappa shape index (κ2) is 4.75. The lowest BCUT2D eigenvalue weighted by Gasteiger charge is -2.22. The van der Waals surface area contributed by atoms with Gasteiger partial charge in [-0.1, -0.05) is 0 Å². The molecule has 8 heteroatoms. The summed E-state index contributed by atoms with van der Waals surface area (Å²) >= 11 is 0. The Balaban J connectivity index is 2.71. The zero-order chi connectivity index (χ0) is 14.1. The van der Waals surface area contributed by atoms with Crippen molar-refractivity contribution in [3.05, 3.63) is 0 Å². The van der Waals surface area contributed by atoms with E-state index in [-0.39, 0.29) is 5.75 Å². The van der Waals surface area contributed by atoms with Crippen LogP contribution in [0.4, 0.5) is 4.79 Å². The van der Waals surface area contributed by atoms with E-state index in [0.29, 0.717) is 0 Å². The number of ether oxygens (including phenoxy) is 1. The number of carboxylic acids is 1. The van der Waals surface area contributed by atoms with Gasteiger partial charge in [0.1, 0.15) is 5.60 Å². The van der Waals surface area contributed by atoms with Crippen LogP contribution in [0.2, 0.25) is 0 Å². The summed E-state index contributed by atoms with van der Waals surface area (Å²) < 4.78 is 27.7. The van der Waals surface area contributed by atoms with Crippen LogP contribution in [-0.2, 0) is 19.4 Å². The van der Waals surface area contributed by atoms with Crippen molar-refractivity contribution in [2.45, 2.75) is 32.4 Å². The maximum absolute atomic E-state index is 11.5. The van der Waals surface area contributed by atoms with Gasteiger partial charge in [0.05, 0.1) is 23.5 Å². The molecule has 0 aromatic carbocycles. The summed E-state index contributed by atoms with van der Waals surface area (Å²) in [5.41, 5.74) is -0.722. The summed E-state index contributed by atoms with van der Waals surface area (Å²) in [6.07, 6.45) is -0.809. The molecule has 0 aromatic heterocycles. The van der Waals surface area contributed by atoms with Crippen molar-refractivity contribution in [3.63, 3.8) is 0 Å². The molecule has 0 radical (unpaired) electrons. The van der Waals surface area contributed by atoms with Gasteiger partial charge in [0, 0.05) is 0 Å². The fourth-order valence-corrected chi connectivity index (χ4v) is 3.61. The molecule has 104 valence electrons. The maximum Gasteiger partial charge on any atom is 0.407 e. The highest BCUT2D eigenvalue weighted by atomic mass is 32.2. The second-order valence-corrected chi connectivity index (χ2v) is 7.43. The van der Waals surface area contributed by atoms with E-state index < -0.39 is 45.2 Å². The van der Waals surface area contributed by atoms with Gasteiger partial charge >= 0.3 is 12.1 Å². The molecule has 1 amide bonds. The number of alkyl carbamates (subject to hydrolysis) is 1. The van der Waals surface area contributed by atoms with E-state index in [2.05, 4.69) is 5.32 Å². The normalized spacial score (nSPS) is 26.6. The molecule has 1 rings (SSSR count). The average molecular weight is 279 g/mol. The van der Waals surface area contributed by atoms with Crippen LogP contribution < -0.4 is 5.32 Å². The lowest BCUT2D eigenvalue weighted by atomic mass is 10.0. The highest BCUT2D eigenvalue weighted by molar-refractivity contribution is 7.91. The molecule has 0 aliphatic carbocycles. The number of hydrogen-bond acceptors (Lipinski definition) is 5. The molecule has 1 aliphatic rings. The number of aliphatic carboxylic acids is 1. The molecule has 7 nitrogen and oxygen atoms in total. The molecule has 0 aromatic rings. The third kappa shape index (κ3) is 4.17. The minimum Gasteiger partial charge on any atom is -0.481 e. The van der Waals surface area contributed by atoms with Crippen LogP contribution in [0, 0.1) is 5.92 Å². The van der Waals surface area contributed by atoms with Gasteiger partial charge in [0.2, 0.25) is 0 Å². The molecular formula is C10H17NO6S. The van der Waals surface area contributed by atoms with Gasteiger partial charge in [0.15, 0.2) is 9.84 Å². The van der Waals surface area contributed by atoms with Crippen LogP contribution in [0.3, 0.4) is 0 Å². The van der Waals surface area contributed by atoms with E-state index in [0.717, 1.165) is 0 Å². The van der Waals surface area contributed by atoms with Crippen molar-refractivity contribution < 1.29 is 27.9 Å². The van der Waals surface area contributed by atoms with Crippen LogP contribution in [0.5, 0.6) is 0 Å². The molecule has 2 N–H and O–H groups in total. The highest BCUT2D eigenvalue weighted by Gasteiger charge is 2.43. The molecule has 1 heterocycles. The predicted molar refractivity (Wildman–Crippen MR) is 62.9 cm³/mol. The van der Waals surface area contributed by atoms with Gasteiger partial charge in [-0.3, -0.25) is 4.79 Å². The van der Waals surface area contributed by atoms with Crippen LogP contribution in [0.15, 0.2) is 0 Å². The molecule has 1 aliphatic heterocycles. The summed E-state index contributed by atoms with van der Waals surface area (Å²) in [5, 5.41) is 11.2. The number of carbonyl (C=O) groups is 2. The summed E-state index contributed by atoms with van der Waals surface area (Å²) in [7, 11) is -3.43. The van der Waals surface area contributed by atoms with E-state index in [1.54, 1.807) is 20.8 Å². The topological polar surface area (TPSA) is 110 Å². The Kier molecular flexibility index (Phi) is 3.89. The Morgan fingerprint density at radius 3 is 2.28 bits per heavy atom. The largest absolute Gasteiger partial charge is 0.481 e. The molecule has 0 saturated carbocycles. The van der Waals surface area contributed by atoms with Gasteiger partial charge < -0.3 is 15.2 Å². The molecular weight excluding hydrogens is 262 g/mol. The Morgan fingerprint density at radius 2 is 1.83 bits per heavy atom. The van der Waals surface area contributed by atoms with E-state index in [1.165, 1.54) is 0 Å². The first-order chi connectivity index (χ1) is 8.00. The lowest BCUT2D eigenvalue weighted by Crippen LogP contribution is -2.44. The maximum atomic E-state index is 11.5. The zero-order valence-electron chi connectivity index (χ0n) is 10.5. The molecule has 2 atom stereocenters. The predicted octanol–water partition coefficient (Wildman–Crippen LogP) is 0.00890. The summed E-state index contributed by atoms with van der Waals surface area (Å²) in [4.78, 5) is 22.4. The van der Waals surface area contributed by atoms with Crippen LogP contribution in [0.25, 0.3) is 0 Å². The van der Waals surface area contributed by atoms with Crippen LogP contribution in [0.1, 0.15) is 20.8 Å². The van der Waals surface area contributed by atoms with E-state index in [9.17, 15) is 18.0 Å². The smallest absolute Gasteiger partial charge is 0.407 e. The summed E-state index contributed by atoms with van der Waals surface area (Å²) in [6, 6.07) is -0.942. The van der Waals surface area contributed by atoms with Gasteiger partial charge in [0.25, 0.3) is 0 Å². The van der Waals surface area contributed by atoms with Crippen LogP contribution in [-0.4, -0.2) is 48.7 Å². The van der Waals surface area contributed by atoms with Gasteiger partial charge in [-0.25, -0.2) is 13.2 Å². The fraction of sp³-hybridized carbons (Fsp3) is 0.800. The number of nitrogens with one attached hydrogen (secondary N) is 1. The first kappa shape index (κ1) is 14.7. The van der Waals surface area contributed by atoms with Crippen molar-refractivity contribution in [1.82, 2.24) is 5.32 Å². The Labute approximate surface area is 105 Å². The number of hydrogen-bond donors (Lipinski definition) is 2. The minimum atomic E-state index is -3.43.